The van der Waals surface area contributed by atoms with E-state index in [1.165, 1.54) is 0 Å². The van der Waals surface area contributed by atoms with Crippen molar-refractivity contribution in [1.82, 2.24) is 9.97 Å². The van der Waals surface area contributed by atoms with Gasteiger partial charge in [0.2, 0.25) is 0 Å². The van der Waals surface area contributed by atoms with Crippen LogP contribution in [-0.4, -0.2) is 33.8 Å². The molecule has 0 atom stereocenters. The molecule has 88 valence electrons. The molecule has 5 nitrogen and oxygen atoms in total. The summed E-state index contributed by atoms with van der Waals surface area (Å²) < 4.78 is 39.6. The van der Waals surface area contributed by atoms with Gasteiger partial charge in [-0.1, -0.05) is 0 Å². The van der Waals surface area contributed by atoms with Gasteiger partial charge in [0, 0.05) is 6.20 Å². The fourth-order valence-corrected chi connectivity index (χ4v) is 1.08. The molecule has 0 saturated carbocycles. The molecule has 0 saturated heterocycles. The van der Waals surface area contributed by atoms with Crippen LogP contribution in [-0.2, 0) is 0 Å². The number of aromatic carboxylic acids is 1. The quantitative estimate of drug-likeness (QED) is 0.923. The molecule has 0 aromatic carbocycles. The van der Waals surface area contributed by atoms with Crippen LogP contribution in [0.3, 0.4) is 0 Å². The van der Waals surface area contributed by atoms with Crippen LogP contribution in [0.5, 0.6) is 6.01 Å². The van der Waals surface area contributed by atoms with Gasteiger partial charge in [-0.15, -0.1) is 0 Å². The topological polar surface area (TPSA) is 72.3 Å². The van der Waals surface area contributed by atoms with E-state index in [1.807, 2.05) is 0 Å². The van der Waals surface area contributed by atoms with Crippen molar-refractivity contribution in [2.45, 2.75) is 6.18 Å². The second-order valence-corrected chi connectivity index (χ2v) is 3.41. The van der Waals surface area contributed by atoms with Gasteiger partial charge in [0.1, 0.15) is 0 Å². The molecule has 0 spiro atoms. The second kappa shape index (κ2) is 4.64. The van der Waals surface area contributed by atoms with Gasteiger partial charge in [-0.3, -0.25) is 0 Å². The third-order valence-electron chi connectivity index (χ3n) is 1.29. The van der Waals surface area contributed by atoms with E-state index in [4.69, 9.17) is 5.11 Å². The molecular formula is C7H4BrF3N2O3. The highest BCUT2D eigenvalue weighted by molar-refractivity contribution is 9.10. The van der Waals surface area contributed by atoms with Gasteiger partial charge in [0.25, 0.3) is 0 Å². The zero-order chi connectivity index (χ0) is 12.3. The molecule has 0 aliphatic rings. The van der Waals surface area contributed by atoms with E-state index in [0.717, 1.165) is 6.20 Å². The molecule has 1 aromatic heterocycles. The molecule has 9 heteroatoms. The van der Waals surface area contributed by atoms with Crippen LogP contribution < -0.4 is 4.74 Å². The summed E-state index contributed by atoms with van der Waals surface area (Å²) in [5.41, 5.74) is -0.466. The van der Waals surface area contributed by atoms with E-state index in [-0.39, 0.29) is 4.47 Å². The number of hydrogen-bond donors (Lipinski definition) is 1. The molecule has 1 N–H and O–H groups in total. The van der Waals surface area contributed by atoms with E-state index in [9.17, 15) is 18.0 Å². The Morgan fingerprint density at radius 3 is 2.69 bits per heavy atom. The largest absolute Gasteiger partial charge is 0.476 e. The van der Waals surface area contributed by atoms with E-state index in [0.29, 0.717) is 0 Å². The smallest absolute Gasteiger partial charge is 0.422 e. The molecule has 0 bridgehead atoms. The summed E-state index contributed by atoms with van der Waals surface area (Å²) in [7, 11) is 0. The van der Waals surface area contributed by atoms with E-state index >= 15 is 0 Å². The number of halogens is 4. The third-order valence-corrected chi connectivity index (χ3v) is 1.87. The number of carbonyl (C=O) groups is 1. The van der Waals surface area contributed by atoms with Crippen LogP contribution in [0.2, 0.25) is 0 Å². The van der Waals surface area contributed by atoms with Crippen molar-refractivity contribution in [2.75, 3.05) is 6.61 Å². The van der Waals surface area contributed by atoms with Crippen molar-refractivity contribution in [3.8, 4) is 6.01 Å². The normalized spacial score (nSPS) is 11.2. The van der Waals surface area contributed by atoms with Gasteiger partial charge < -0.3 is 9.84 Å². The lowest BCUT2D eigenvalue weighted by atomic mass is 10.4. The van der Waals surface area contributed by atoms with Gasteiger partial charge in [0.15, 0.2) is 12.3 Å². The number of rotatable bonds is 3. The highest BCUT2D eigenvalue weighted by Crippen LogP contribution is 2.19. The summed E-state index contributed by atoms with van der Waals surface area (Å²) in [5.74, 6) is -1.40. The number of alkyl halides is 3. The van der Waals surface area contributed by atoms with Gasteiger partial charge in [-0.25, -0.2) is 9.78 Å². The highest BCUT2D eigenvalue weighted by Gasteiger charge is 2.29. The molecular weight excluding hydrogens is 297 g/mol. The van der Waals surface area contributed by atoms with E-state index in [2.05, 4.69) is 30.6 Å². The maximum absolute atomic E-state index is 11.8. The minimum atomic E-state index is -4.53. The summed E-state index contributed by atoms with van der Waals surface area (Å²) in [6.45, 7) is -1.58. The fraction of sp³-hybridized carbons (Fsp3) is 0.286. The maximum Gasteiger partial charge on any atom is 0.422 e. The van der Waals surface area contributed by atoms with Crippen molar-refractivity contribution >= 4 is 21.9 Å². The maximum atomic E-state index is 11.8. The van der Waals surface area contributed by atoms with Crippen LogP contribution in [0.25, 0.3) is 0 Å². The summed E-state index contributed by atoms with van der Waals surface area (Å²) in [6, 6.07) is -0.641. The Balaban J connectivity index is 2.83. The lowest BCUT2D eigenvalue weighted by Gasteiger charge is -2.07. The van der Waals surface area contributed by atoms with Crippen LogP contribution in [0.1, 0.15) is 10.5 Å². The second-order valence-electron chi connectivity index (χ2n) is 2.56. The van der Waals surface area contributed by atoms with Gasteiger partial charge in [-0.05, 0) is 15.9 Å². The van der Waals surface area contributed by atoms with Gasteiger partial charge >= 0.3 is 18.2 Å². The Hall–Kier alpha value is -1.38. The minimum absolute atomic E-state index is 0.0550. The van der Waals surface area contributed by atoms with Crippen molar-refractivity contribution < 1.29 is 27.8 Å². The summed E-state index contributed by atoms with van der Waals surface area (Å²) in [5, 5.41) is 8.62. The molecule has 1 aromatic rings. The zero-order valence-electron chi connectivity index (χ0n) is 7.45. The molecule has 0 radical (unpaired) electrons. The molecule has 0 unspecified atom stereocenters. The molecule has 1 heterocycles. The summed E-state index contributed by atoms with van der Waals surface area (Å²) in [4.78, 5) is 17.3. The van der Waals surface area contributed by atoms with Crippen LogP contribution in [0, 0.1) is 0 Å². The number of carboxylic acids is 1. The minimum Gasteiger partial charge on any atom is -0.476 e. The predicted molar refractivity (Wildman–Crippen MR) is 48.2 cm³/mol. The van der Waals surface area contributed by atoms with Crippen molar-refractivity contribution in [3.63, 3.8) is 0 Å². The Bertz CT molecular complexity index is 410. The van der Waals surface area contributed by atoms with Crippen LogP contribution >= 0.6 is 15.9 Å². The fourth-order valence-electron chi connectivity index (χ4n) is 0.717. The first-order valence-corrected chi connectivity index (χ1v) is 4.54. The standard InChI is InChI=1S/C7H4BrF3N2O3/c8-3-1-12-6(13-4(3)5(14)15)16-2-7(9,10)11/h1H,2H2,(H,14,15). The Morgan fingerprint density at radius 1 is 1.56 bits per heavy atom. The van der Waals surface area contributed by atoms with Crippen molar-refractivity contribution in [3.05, 3.63) is 16.4 Å². The number of carboxylic acid groups (broad SMARTS) is 1. The first-order chi connectivity index (χ1) is 7.29. The first-order valence-electron chi connectivity index (χ1n) is 3.75. The third kappa shape index (κ3) is 3.65. The predicted octanol–water partition coefficient (Wildman–Crippen LogP) is 1.88. The average Bonchev–Trinajstić information content (AvgIpc) is 2.14. The van der Waals surface area contributed by atoms with E-state index < -0.39 is 30.5 Å². The number of hydrogen-bond acceptors (Lipinski definition) is 4. The van der Waals surface area contributed by atoms with E-state index in [1.54, 1.807) is 0 Å². The van der Waals surface area contributed by atoms with Gasteiger partial charge in [0.05, 0.1) is 4.47 Å². The SMILES string of the molecule is O=C(O)c1nc(OCC(F)(F)F)ncc1Br. The Kier molecular flexibility index (Phi) is 3.68. The molecule has 0 aliphatic heterocycles. The summed E-state index contributed by atoms with van der Waals surface area (Å²) >= 11 is 2.84. The highest BCUT2D eigenvalue weighted by atomic mass is 79.9. The first kappa shape index (κ1) is 12.7. The molecule has 1 rings (SSSR count). The Morgan fingerprint density at radius 2 is 2.19 bits per heavy atom. The molecule has 0 amide bonds. The Labute approximate surface area is 95.4 Å². The molecule has 16 heavy (non-hydrogen) atoms. The lowest BCUT2D eigenvalue weighted by Crippen LogP contribution is -2.20. The summed E-state index contributed by atoms with van der Waals surface area (Å²) in [6.07, 6.45) is -3.53. The van der Waals surface area contributed by atoms with Crippen LogP contribution in [0.4, 0.5) is 13.2 Å². The number of nitrogens with zero attached hydrogens (tertiary/aromatic N) is 2. The van der Waals surface area contributed by atoms with Gasteiger partial charge in [-0.2, -0.15) is 18.2 Å². The number of ether oxygens (including phenoxy) is 1. The molecule has 0 aliphatic carbocycles. The monoisotopic (exact) mass is 300 g/mol. The van der Waals surface area contributed by atoms with Crippen molar-refractivity contribution in [1.29, 1.82) is 0 Å². The number of aromatic nitrogens is 2. The lowest BCUT2D eigenvalue weighted by molar-refractivity contribution is -0.154. The van der Waals surface area contributed by atoms with Crippen molar-refractivity contribution in [2.24, 2.45) is 0 Å². The molecule has 0 fully saturated rings. The van der Waals surface area contributed by atoms with Crippen LogP contribution in [0.15, 0.2) is 10.7 Å². The zero-order valence-corrected chi connectivity index (χ0v) is 9.04. The average molecular weight is 301 g/mol.